The lowest BCUT2D eigenvalue weighted by molar-refractivity contribution is -0.159. The first-order valence-corrected chi connectivity index (χ1v) is 9.64. The van der Waals surface area contributed by atoms with Gasteiger partial charge in [0.2, 0.25) is 5.78 Å². The van der Waals surface area contributed by atoms with Gasteiger partial charge in [-0.25, -0.2) is 0 Å². The number of nitrogens with zero attached hydrogens (tertiary/aromatic N) is 1. The Morgan fingerprint density at radius 3 is 2.33 bits per heavy atom. The summed E-state index contributed by atoms with van der Waals surface area (Å²) in [5.41, 5.74) is -0.00322. The Balaban J connectivity index is 2.00. The quantitative estimate of drug-likeness (QED) is 0.448. The SMILES string of the molecule is CO[C@H]1C(=O)N2C(C(=O)c3ccccc3)=C(C)C(OC(=O)C(C)(C)C)S[C@@H]12. The standard InChI is InChI=1S/C20H23NO5S/c1-11-13(14(22)12-9-7-6-8-10-12)21-16(23)15(25-5)17(21)27-18(11)26-19(24)20(2,3)4/h6-10,15,17-18H,1-5H3/t15-,17-,18?/m0/s1. The summed E-state index contributed by atoms with van der Waals surface area (Å²) < 4.78 is 11.0. The highest BCUT2D eigenvalue weighted by atomic mass is 32.2. The van der Waals surface area contributed by atoms with Gasteiger partial charge < -0.3 is 9.47 Å². The average molecular weight is 389 g/mol. The van der Waals surface area contributed by atoms with Crippen molar-refractivity contribution in [3.8, 4) is 0 Å². The Kier molecular flexibility index (Phi) is 5.18. The fourth-order valence-electron chi connectivity index (χ4n) is 2.96. The minimum absolute atomic E-state index is 0.255. The number of methoxy groups -OCH3 is 1. The van der Waals surface area contributed by atoms with Gasteiger partial charge in [0.05, 0.1) is 11.1 Å². The number of esters is 1. The number of ether oxygens (including phenoxy) is 2. The summed E-state index contributed by atoms with van der Waals surface area (Å²) in [7, 11) is 1.46. The number of thioether (sulfide) groups is 1. The van der Waals surface area contributed by atoms with Gasteiger partial charge in [-0.05, 0) is 27.7 Å². The molecule has 0 spiro atoms. The van der Waals surface area contributed by atoms with E-state index in [9.17, 15) is 14.4 Å². The van der Waals surface area contributed by atoms with Gasteiger partial charge >= 0.3 is 5.97 Å². The lowest BCUT2D eigenvalue weighted by Gasteiger charge is -2.50. The third kappa shape index (κ3) is 3.41. The van der Waals surface area contributed by atoms with Gasteiger partial charge in [0, 0.05) is 18.2 Å². The normalized spacial score (nSPS) is 25.0. The number of hydrogen-bond donors (Lipinski definition) is 0. The molecule has 1 amide bonds. The molecule has 7 heteroatoms. The minimum Gasteiger partial charge on any atom is -0.446 e. The molecule has 0 bridgehead atoms. The van der Waals surface area contributed by atoms with E-state index < -0.39 is 22.3 Å². The summed E-state index contributed by atoms with van der Waals surface area (Å²) in [6.07, 6.45) is -0.655. The monoisotopic (exact) mass is 389 g/mol. The third-order valence-corrected chi connectivity index (χ3v) is 5.99. The molecule has 144 valence electrons. The Morgan fingerprint density at radius 1 is 1.15 bits per heavy atom. The molecular formula is C20H23NO5S. The number of ketones is 1. The van der Waals surface area contributed by atoms with Crippen LogP contribution in [-0.4, -0.2) is 46.6 Å². The second-order valence-electron chi connectivity index (χ2n) is 7.61. The van der Waals surface area contributed by atoms with Crippen LogP contribution in [0.25, 0.3) is 0 Å². The Labute approximate surface area is 162 Å². The fourth-order valence-corrected chi connectivity index (χ4v) is 4.37. The van der Waals surface area contributed by atoms with Gasteiger partial charge in [-0.1, -0.05) is 42.1 Å². The van der Waals surface area contributed by atoms with Crippen LogP contribution in [0.15, 0.2) is 41.6 Å². The lowest BCUT2D eigenvalue weighted by Crippen LogP contribution is -2.66. The predicted molar refractivity (Wildman–Crippen MR) is 102 cm³/mol. The summed E-state index contributed by atoms with van der Waals surface area (Å²) in [6.45, 7) is 7.05. The number of fused-ring (bicyclic) bond motifs is 1. The molecule has 3 atom stereocenters. The summed E-state index contributed by atoms with van der Waals surface area (Å²) in [5, 5.41) is -0.397. The van der Waals surface area contributed by atoms with Gasteiger partial charge in [0.1, 0.15) is 5.37 Å². The molecule has 1 unspecified atom stereocenters. The molecular weight excluding hydrogens is 366 g/mol. The van der Waals surface area contributed by atoms with Gasteiger partial charge in [0.15, 0.2) is 11.5 Å². The number of rotatable bonds is 4. The highest BCUT2D eigenvalue weighted by Crippen LogP contribution is 2.46. The molecule has 2 heterocycles. The lowest BCUT2D eigenvalue weighted by atomic mass is 9.97. The summed E-state index contributed by atoms with van der Waals surface area (Å²) >= 11 is 1.31. The van der Waals surface area contributed by atoms with Crippen molar-refractivity contribution < 1.29 is 23.9 Å². The summed E-state index contributed by atoms with van der Waals surface area (Å²) in [4.78, 5) is 39.5. The van der Waals surface area contributed by atoms with Crippen molar-refractivity contribution in [1.29, 1.82) is 0 Å². The van der Waals surface area contributed by atoms with Crippen LogP contribution in [0.4, 0.5) is 0 Å². The number of hydrogen-bond acceptors (Lipinski definition) is 6. The minimum atomic E-state index is -0.669. The van der Waals surface area contributed by atoms with Crippen molar-refractivity contribution >= 4 is 29.4 Å². The molecule has 0 aromatic heterocycles. The largest absolute Gasteiger partial charge is 0.446 e. The molecule has 2 aliphatic heterocycles. The highest BCUT2D eigenvalue weighted by Gasteiger charge is 2.56. The van der Waals surface area contributed by atoms with E-state index in [1.807, 2.05) is 6.07 Å². The molecule has 2 aliphatic rings. The molecule has 3 rings (SSSR count). The van der Waals surface area contributed by atoms with Gasteiger partial charge in [-0.2, -0.15) is 0 Å². The third-order valence-electron chi connectivity index (χ3n) is 4.56. The maximum atomic E-state index is 13.1. The first kappa shape index (κ1) is 19.6. The maximum absolute atomic E-state index is 13.1. The molecule has 1 aromatic rings. The Morgan fingerprint density at radius 2 is 1.78 bits per heavy atom. The van der Waals surface area contributed by atoms with Crippen molar-refractivity contribution in [2.24, 2.45) is 5.41 Å². The van der Waals surface area contributed by atoms with Crippen LogP contribution in [0.5, 0.6) is 0 Å². The number of β-lactam (4-membered cyclic amide) rings is 1. The predicted octanol–water partition coefficient (Wildman–Crippen LogP) is 2.99. The van der Waals surface area contributed by atoms with Crippen LogP contribution >= 0.6 is 11.8 Å². The van der Waals surface area contributed by atoms with Crippen LogP contribution in [0, 0.1) is 5.41 Å². The number of allylic oxidation sites excluding steroid dienone is 1. The zero-order valence-electron chi connectivity index (χ0n) is 16.0. The first-order chi connectivity index (χ1) is 12.7. The molecule has 0 saturated carbocycles. The van der Waals surface area contributed by atoms with E-state index in [2.05, 4.69) is 0 Å². The van der Waals surface area contributed by atoms with E-state index in [0.29, 0.717) is 11.1 Å². The van der Waals surface area contributed by atoms with E-state index in [0.717, 1.165) is 0 Å². The van der Waals surface area contributed by atoms with Gasteiger partial charge in [-0.3, -0.25) is 19.3 Å². The van der Waals surface area contributed by atoms with E-state index in [-0.39, 0.29) is 23.4 Å². The summed E-state index contributed by atoms with van der Waals surface area (Å²) in [5.74, 6) is -0.883. The van der Waals surface area contributed by atoms with Crippen LogP contribution in [0.2, 0.25) is 0 Å². The Hall–Kier alpha value is -2.12. The maximum Gasteiger partial charge on any atom is 0.312 e. The molecule has 1 saturated heterocycles. The average Bonchev–Trinajstić information content (AvgIpc) is 2.63. The van der Waals surface area contributed by atoms with Crippen LogP contribution in [0.1, 0.15) is 38.1 Å². The van der Waals surface area contributed by atoms with E-state index in [4.69, 9.17) is 9.47 Å². The van der Waals surface area contributed by atoms with Gasteiger partial charge in [-0.15, -0.1) is 0 Å². The van der Waals surface area contributed by atoms with Crippen molar-refractivity contribution in [2.45, 2.75) is 44.6 Å². The number of carbonyl (C=O) groups is 3. The van der Waals surface area contributed by atoms with E-state index in [1.165, 1.54) is 23.8 Å². The number of benzene rings is 1. The zero-order chi connectivity index (χ0) is 19.9. The van der Waals surface area contributed by atoms with Crippen molar-refractivity contribution in [2.75, 3.05) is 7.11 Å². The van der Waals surface area contributed by atoms with Crippen LogP contribution in [-0.2, 0) is 19.1 Å². The highest BCUT2D eigenvalue weighted by molar-refractivity contribution is 8.00. The van der Waals surface area contributed by atoms with E-state index in [1.54, 1.807) is 52.0 Å². The molecule has 27 heavy (non-hydrogen) atoms. The number of amides is 1. The van der Waals surface area contributed by atoms with Crippen molar-refractivity contribution in [1.82, 2.24) is 4.90 Å². The van der Waals surface area contributed by atoms with Crippen molar-refractivity contribution in [3.63, 3.8) is 0 Å². The molecule has 0 aliphatic carbocycles. The molecule has 6 nitrogen and oxygen atoms in total. The zero-order valence-corrected chi connectivity index (χ0v) is 16.8. The second kappa shape index (κ2) is 7.13. The molecule has 1 fully saturated rings. The molecule has 1 aromatic carbocycles. The smallest absolute Gasteiger partial charge is 0.312 e. The second-order valence-corrected chi connectivity index (χ2v) is 8.79. The van der Waals surface area contributed by atoms with Crippen LogP contribution in [0.3, 0.4) is 0 Å². The van der Waals surface area contributed by atoms with Crippen LogP contribution < -0.4 is 0 Å². The van der Waals surface area contributed by atoms with Crippen molar-refractivity contribution in [3.05, 3.63) is 47.2 Å². The molecule has 0 N–H and O–H groups in total. The van der Waals surface area contributed by atoms with Gasteiger partial charge in [0.25, 0.3) is 5.91 Å². The van der Waals surface area contributed by atoms with E-state index >= 15 is 0 Å². The number of carbonyl (C=O) groups excluding carboxylic acids is 3. The topological polar surface area (TPSA) is 72.9 Å². The Bertz CT molecular complexity index is 811. The fraction of sp³-hybridized carbons (Fsp3) is 0.450. The summed E-state index contributed by atoms with van der Waals surface area (Å²) in [6, 6.07) is 8.76. The number of Topliss-reactive ketones (excluding diaryl/α,β-unsaturated/α-hetero) is 1. The molecule has 0 radical (unpaired) electrons. The first-order valence-electron chi connectivity index (χ1n) is 8.69.